The molecule has 2 rings (SSSR count). The molecule has 0 radical (unpaired) electrons. The van der Waals surface area contributed by atoms with Gasteiger partial charge >= 0.3 is 0 Å². The summed E-state index contributed by atoms with van der Waals surface area (Å²) < 4.78 is 5.16. The molecule has 0 atom stereocenters. The zero-order valence-corrected chi connectivity index (χ0v) is 13.8. The summed E-state index contributed by atoms with van der Waals surface area (Å²) in [6, 6.07) is 7.05. The summed E-state index contributed by atoms with van der Waals surface area (Å²) in [5.41, 5.74) is 0.484. The number of benzene rings is 1. The van der Waals surface area contributed by atoms with Gasteiger partial charge in [0.05, 0.1) is 12.7 Å². The molecule has 0 bridgehead atoms. The Kier molecular flexibility index (Phi) is 6.91. The number of nitrogens with one attached hydrogen (secondary N) is 2. The first-order chi connectivity index (χ1) is 11.2. The number of carbonyl (C=O) groups is 2. The van der Waals surface area contributed by atoms with E-state index in [1.807, 2.05) is 6.07 Å². The lowest BCUT2D eigenvalue weighted by Crippen LogP contribution is -2.33. The molecule has 1 fully saturated rings. The minimum absolute atomic E-state index is 0.00380. The van der Waals surface area contributed by atoms with Crippen LogP contribution < -0.4 is 15.4 Å². The first-order valence-electron chi connectivity index (χ1n) is 8.38. The number of carbonyl (C=O) groups excluding carboxylic acids is 2. The molecule has 5 nitrogen and oxygen atoms in total. The third-order valence-electron chi connectivity index (χ3n) is 4.30. The molecule has 0 heterocycles. The van der Waals surface area contributed by atoms with Gasteiger partial charge in [-0.2, -0.15) is 0 Å². The molecule has 1 saturated carbocycles. The van der Waals surface area contributed by atoms with Crippen LogP contribution in [-0.2, 0) is 4.79 Å². The normalized spacial score (nSPS) is 15.0. The Morgan fingerprint density at radius 2 is 1.87 bits per heavy atom. The summed E-state index contributed by atoms with van der Waals surface area (Å²) in [5.74, 6) is 0.932. The molecule has 23 heavy (non-hydrogen) atoms. The Hall–Kier alpha value is -2.04. The third-order valence-corrected chi connectivity index (χ3v) is 4.30. The van der Waals surface area contributed by atoms with Gasteiger partial charge in [-0.25, -0.2) is 0 Å². The second kappa shape index (κ2) is 9.18. The van der Waals surface area contributed by atoms with Gasteiger partial charge < -0.3 is 15.4 Å². The van der Waals surface area contributed by atoms with E-state index in [0.29, 0.717) is 30.2 Å². The Morgan fingerprint density at radius 3 is 2.61 bits per heavy atom. The average molecular weight is 318 g/mol. The largest absolute Gasteiger partial charge is 0.496 e. The maximum Gasteiger partial charge on any atom is 0.255 e. The molecule has 2 amide bonds. The van der Waals surface area contributed by atoms with Crippen LogP contribution in [0, 0.1) is 5.92 Å². The van der Waals surface area contributed by atoms with Crippen LogP contribution in [-0.4, -0.2) is 32.0 Å². The van der Waals surface area contributed by atoms with Crippen molar-refractivity contribution in [3.05, 3.63) is 29.8 Å². The molecule has 126 valence electrons. The Morgan fingerprint density at radius 1 is 1.13 bits per heavy atom. The van der Waals surface area contributed by atoms with Crippen molar-refractivity contribution in [2.75, 3.05) is 20.2 Å². The van der Waals surface area contributed by atoms with Gasteiger partial charge in [-0.3, -0.25) is 9.59 Å². The summed E-state index contributed by atoms with van der Waals surface area (Å²) >= 11 is 0. The predicted octanol–water partition coefficient (Wildman–Crippen LogP) is 2.51. The van der Waals surface area contributed by atoms with Crippen LogP contribution in [0.1, 0.15) is 48.9 Å². The van der Waals surface area contributed by atoms with E-state index in [9.17, 15) is 9.59 Å². The SMILES string of the molecule is COc1ccccc1C(=O)NCCC(=O)NCC1CCCCC1. The van der Waals surface area contributed by atoms with Crippen LogP contribution in [0.5, 0.6) is 5.75 Å². The van der Waals surface area contributed by atoms with Crippen molar-refractivity contribution in [3.8, 4) is 5.75 Å². The van der Waals surface area contributed by atoms with Crippen molar-refractivity contribution in [3.63, 3.8) is 0 Å². The van der Waals surface area contributed by atoms with Gasteiger partial charge in [-0.15, -0.1) is 0 Å². The third kappa shape index (κ3) is 5.58. The number of hydrogen-bond donors (Lipinski definition) is 2. The number of hydrogen-bond acceptors (Lipinski definition) is 3. The highest BCUT2D eigenvalue weighted by Crippen LogP contribution is 2.22. The summed E-state index contributed by atoms with van der Waals surface area (Å²) in [4.78, 5) is 23.9. The van der Waals surface area contributed by atoms with Gasteiger partial charge in [0.2, 0.25) is 5.91 Å². The van der Waals surface area contributed by atoms with Crippen molar-refractivity contribution >= 4 is 11.8 Å². The lowest BCUT2D eigenvalue weighted by Gasteiger charge is -2.21. The van der Waals surface area contributed by atoms with E-state index in [1.165, 1.54) is 39.2 Å². The molecule has 0 unspecified atom stereocenters. The molecule has 0 aromatic heterocycles. The van der Waals surface area contributed by atoms with Crippen molar-refractivity contribution in [1.82, 2.24) is 10.6 Å². The van der Waals surface area contributed by atoms with Crippen molar-refractivity contribution in [2.45, 2.75) is 38.5 Å². The van der Waals surface area contributed by atoms with Crippen molar-refractivity contribution in [2.24, 2.45) is 5.92 Å². The summed E-state index contributed by atoms with van der Waals surface area (Å²) in [5, 5.41) is 5.74. The smallest absolute Gasteiger partial charge is 0.255 e. The molecule has 0 spiro atoms. The van der Waals surface area contributed by atoms with Crippen molar-refractivity contribution < 1.29 is 14.3 Å². The van der Waals surface area contributed by atoms with E-state index >= 15 is 0 Å². The molecule has 0 aliphatic heterocycles. The van der Waals surface area contributed by atoms with E-state index in [1.54, 1.807) is 18.2 Å². The van der Waals surface area contributed by atoms with Crippen LogP contribution in [0.15, 0.2) is 24.3 Å². The minimum atomic E-state index is -0.220. The number of methoxy groups -OCH3 is 1. The highest BCUT2D eigenvalue weighted by Gasteiger charge is 2.15. The molecule has 0 saturated heterocycles. The Labute approximate surface area is 137 Å². The fraction of sp³-hybridized carbons (Fsp3) is 0.556. The number of ether oxygens (including phenoxy) is 1. The van der Waals surface area contributed by atoms with Crippen LogP contribution in [0.4, 0.5) is 0 Å². The van der Waals surface area contributed by atoms with Gasteiger partial charge in [0.25, 0.3) is 5.91 Å². The fourth-order valence-corrected chi connectivity index (χ4v) is 2.95. The monoisotopic (exact) mass is 318 g/mol. The maximum atomic E-state index is 12.1. The number of rotatable bonds is 7. The molecule has 1 aromatic rings. The summed E-state index contributed by atoms with van der Waals surface area (Å²) in [7, 11) is 1.53. The van der Waals surface area contributed by atoms with Gasteiger partial charge in [0.1, 0.15) is 5.75 Å². The summed E-state index contributed by atoms with van der Waals surface area (Å²) in [6.07, 6.45) is 6.59. The van der Waals surface area contributed by atoms with Crippen LogP contribution in [0.25, 0.3) is 0 Å². The van der Waals surface area contributed by atoms with Crippen molar-refractivity contribution in [1.29, 1.82) is 0 Å². The van der Waals surface area contributed by atoms with Gasteiger partial charge in [0.15, 0.2) is 0 Å². The second-order valence-electron chi connectivity index (χ2n) is 6.01. The number of para-hydroxylation sites is 1. The highest BCUT2D eigenvalue weighted by molar-refractivity contribution is 5.97. The average Bonchev–Trinajstić information content (AvgIpc) is 2.60. The summed E-state index contributed by atoms with van der Waals surface area (Å²) in [6.45, 7) is 1.09. The Balaban J connectivity index is 1.67. The maximum absolute atomic E-state index is 12.1. The van der Waals surface area contributed by atoms with Crippen LogP contribution in [0.2, 0.25) is 0 Å². The molecule has 1 aromatic carbocycles. The topological polar surface area (TPSA) is 67.4 Å². The predicted molar refractivity (Wildman–Crippen MR) is 89.5 cm³/mol. The standard InChI is InChI=1S/C18H26N2O3/c1-23-16-10-6-5-9-15(16)18(22)19-12-11-17(21)20-13-14-7-3-2-4-8-14/h5-6,9-10,14H,2-4,7-8,11-13H2,1H3,(H,19,22)(H,20,21). The van der Waals surface area contributed by atoms with E-state index in [-0.39, 0.29) is 11.8 Å². The quantitative estimate of drug-likeness (QED) is 0.812. The first-order valence-corrected chi connectivity index (χ1v) is 8.38. The highest BCUT2D eigenvalue weighted by atomic mass is 16.5. The zero-order chi connectivity index (χ0) is 16.5. The van der Waals surface area contributed by atoms with Gasteiger partial charge in [-0.1, -0.05) is 31.4 Å². The molecule has 1 aliphatic carbocycles. The molecule has 5 heteroatoms. The minimum Gasteiger partial charge on any atom is -0.496 e. The Bertz CT molecular complexity index is 525. The van der Waals surface area contributed by atoms with Crippen LogP contribution >= 0.6 is 0 Å². The molecule has 2 N–H and O–H groups in total. The molecular formula is C18H26N2O3. The lowest BCUT2D eigenvalue weighted by molar-refractivity contribution is -0.121. The van der Waals surface area contributed by atoms with Gasteiger partial charge in [-0.05, 0) is 30.9 Å². The second-order valence-corrected chi connectivity index (χ2v) is 6.01. The molecular weight excluding hydrogens is 292 g/mol. The lowest BCUT2D eigenvalue weighted by atomic mass is 9.89. The van der Waals surface area contributed by atoms with E-state index < -0.39 is 0 Å². The number of amides is 2. The van der Waals surface area contributed by atoms with Crippen LogP contribution in [0.3, 0.4) is 0 Å². The van der Waals surface area contributed by atoms with E-state index in [0.717, 1.165) is 6.54 Å². The molecule has 1 aliphatic rings. The zero-order valence-electron chi connectivity index (χ0n) is 13.8. The van der Waals surface area contributed by atoms with Gasteiger partial charge in [0, 0.05) is 19.5 Å². The first kappa shape index (κ1) is 17.3. The van der Waals surface area contributed by atoms with E-state index in [4.69, 9.17) is 4.74 Å². The van der Waals surface area contributed by atoms with E-state index in [2.05, 4.69) is 10.6 Å². The fourth-order valence-electron chi connectivity index (χ4n) is 2.95.